The largest absolute Gasteiger partial charge is 0.370 e. The van der Waals surface area contributed by atoms with E-state index in [9.17, 15) is 9.59 Å². The smallest absolute Gasteiger partial charge is 0.255 e. The molecule has 2 amide bonds. The summed E-state index contributed by atoms with van der Waals surface area (Å²) < 4.78 is 0. The summed E-state index contributed by atoms with van der Waals surface area (Å²) in [4.78, 5) is 30.0. The maximum absolute atomic E-state index is 12.7. The van der Waals surface area contributed by atoms with Gasteiger partial charge in [0.2, 0.25) is 5.91 Å². The molecule has 2 saturated carbocycles. The number of carbonyl (C=O) groups excluding carboxylic acids is 2. The molecule has 1 heterocycles. The predicted octanol–water partition coefficient (Wildman–Crippen LogP) is 4.95. The fraction of sp³-hybridized carbons (Fsp3) is 0.481. The van der Waals surface area contributed by atoms with E-state index in [0.29, 0.717) is 17.5 Å². The number of likely N-dealkylation sites (N-methyl/N-ethyl adjacent to an activating group) is 1. The summed E-state index contributed by atoms with van der Waals surface area (Å²) in [5, 5.41) is 6.02. The van der Waals surface area contributed by atoms with Crippen molar-refractivity contribution in [1.29, 1.82) is 0 Å². The number of hydrogen-bond donors (Lipinski definition) is 2. The summed E-state index contributed by atoms with van der Waals surface area (Å²) >= 11 is 0. The van der Waals surface area contributed by atoms with Gasteiger partial charge in [0.25, 0.3) is 5.91 Å². The number of hydrogen-bond acceptors (Lipinski definition) is 4. The first-order valence-electron chi connectivity index (χ1n) is 12.2. The first-order chi connectivity index (χ1) is 16.0. The van der Waals surface area contributed by atoms with E-state index in [-0.39, 0.29) is 20.6 Å². The van der Waals surface area contributed by atoms with Crippen LogP contribution < -0.4 is 15.5 Å². The lowest BCUT2D eigenvalue weighted by Gasteiger charge is -2.22. The summed E-state index contributed by atoms with van der Waals surface area (Å²) in [6.07, 6.45) is 5.90. The fourth-order valence-corrected chi connectivity index (χ4v) is 5.86. The van der Waals surface area contributed by atoms with Crippen LogP contribution in [0.4, 0.5) is 17.1 Å². The third-order valence-corrected chi connectivity index (χ3v) is 7.87. The lowest BCUT2D eigenvalue weighted by molar-refractivity contribution is -0.121. The number of rotatable bonds is 6. The number of carbonyl (C=O) groups is 2. The van der Waals surface area contributed by atoms with E-state index in [0.717, 1.165) is 36.8 Å². The monoisotopic (exact) mass is 450 g/mol. The zero-order valence-corrected chi connectivity index (χ0v) is 19.6. The van der Waals surface area contributed by atoms with Gasteiger partial charge in [0.15, 0.2) is 0 Å². The summed E-state index contributed by atoms with van der Waals surface area (Å²) in [5.74, 6) is 1.45. The number of benzene rings is 2. The Morgan fingerprint density at radius 2 is 1.61 bits per heavy atom. The second-order valence-corrected chi connectivity index (χ2v) is 10.2. The number of anilines is 3. The van der Waals surface area contributed by atoms with Crippen LogP contribution in [-0.2, 0) is 4.79 Å². The van der Waals surface area contributed by atoms with Crippen molar-refractivity contribution >= 4 is 28.9 Å². The molecule has 2 aromatic rings. The Kier molecular flexibility index (Phi) is 6.11. The molecule has 1 saturated heterocycles. The van der Waals surface area contributed by atoms with Gasteiger partial charge in [0.05, 0.1) is 0 Å². The molecule has 2 aliphatic carbocycles. The first-order valence-corrected chi connectivity index (χ1v) is 12.2. The van der Waals surface area contributed by atoms with E-state index in [1.165, 1.54) is 31.4 Å². The predicted molar refractivity (Wildman–Crippen MR) is 137 cm³/mol. The summed E-state index contributed by atoms with van der Waals surface area (Å²) in [6.45, 7) is 2.09. The van der Waals surface area contributed by atoms with Gasteiger partial charge in [-0.2, -0.15) is 0 Å². The molecule has 3 aliphatic rings. The highest BCUT2D eigenvalue weighted by atomic mass is 16.2. The highest BCUT2D eigenvalue weighted by Gasteiger charge is 2.43. The van der Waals surface area contributed by atoms with Crippen LogP contribution in [0.15, 0.2) is 48.5 Å². The third kappa shape index (κ3) is 4.76. The van der Waals surface area contributed by atoms with E-state index in [1.54, 1.807) is 12.1 Å². The molecule has 0 aromatic heterocycles. The molecule has 0 spiro atoms. The zero-order chi connectivity index (χ0) is 22.9. The molecule has 4 unspecified atom stereocenters. The lowest BCUT2D eigenvalue weighted by Crippen LogP contribution is -2.31. The van der Waals surface area contributed by atoms with Gasteiger partial charge in [-0.15, -0.1) is 0 Å². The van der Waals surface area contributed by atoms with Crippen molar-refractivity contribution in [3.05, 3.63) is 54.1 Å². The van der Waals surface area contributed by atoms with Crippen LogP contribution in [-0.4, -0.2) is 49.9 Å². The van der Waals surface area contributed by atoms with Crippen molar-refractivity contribution in [2.75, 3.05) is 42.7 Å². The van der Waals surface area contributed by atoms with Crippen molar-refractivity contribution in [2.24, 2.45) is 17.8 Å². The Morgan fingerprint density at radius 1 is 0.909 bits per heavy atom. The van der Waals surface area contributed by atoms with E-state index in [4.69, 9.17) is 0 Å². The number of nitrogens with one attached hydrogen (secondary N) is 2. The van der Waals surface area contributed by atoms with Gasteiger partial charge in [-0.25, -0.2) is 0 Å². The normalized spacial score (nSPS) is 26.1. The van der Waals surface area contributed by atoms with Crippen LogP contribution in [0.1, 0.15) is 45.3 Å². The minimum atomic E-state index is -0.150. The van der Waals surface area contributed by atoms with Gasteiger partial charge in [-0.1, -0.05) is 6.42 Å². The number of amides is 2. The molecule has 5 rings (SSSR count). The molecule has 0 radical (unpaired) electrons. The fourth-order valence-electron chi connectivity index (χ4n) is 5.86. The van der Waals surface area contributed by atoms with Gasteiger partial charge in [-0.3, -0.25) is 9.59 Å². The molecule has 178 valence electrons. The van der Waals surface area contributed by atoms with Crippen LogP contribution >= 0.6 is 0 Å². The van der Waals surface area contributed by atoms with Crippen molar-refractivity contribution < 1.29 is 12.4 Å². The Balaban J connectivity index is 0.00000171. The second-order valence-electron chi connectivity index (χ2n) is 10.2. The topological polar surface area (TPSA) is 64.7 Å². The van der Waals surface area contributed by atoms with E-state index in [2.05, 4.69) is 46.7 Å². The molecule has 6 heteroatoms. The van der Waals surface area contributed by atoms with Crippen molar-refractivity contribution in [2.45, 2.75) is 38.1 Å². The Morgan fingerprint density at radius 3 is 2.21 bits per heavy atom. The highest BCUT2D eigenvalue weighted by molar-refractivity contribution is 6.04. The maximum Gasteiger partial charge on any atom is 0.255 e. The van der Waals surface area contributed by atoms with E-state index >= 15 is 0 Å². The van der Waals surface area contributed by atoms with Crippen molar-refractivity contribution in [3.63, 3.8) is 0 Å². The molecule has 33 heavy (non-hydrogen) atoms. The molecular weight excluding hydrogens is 412 g/mol. The van der Waals surface area contributed by atoms with Crippen LogP contribution in [0.2, 0.25) is 0 Å². The van der Waals surface area contributed by atoms with Crippen LogP contribution in [0.3, 0.4) is 0 Å². The third-order valence-electron chi connectivity index (χ3n) is 7.87. The van der Waals surface area contributed by atoms with Crippen LogP contribution in [0.5, 0.6) is 0 Å². The molecule has 2 aromatic carbocycles. The average molecular weight is 451 g/mol. The Bertz CT molecular complexity index is 1010. The minimum Gasteiger partial charge on any atom is -0.370 e. The summed E-state index contributed by atoms with van der Waals surface area (Å²) in [5.41, 5.74) is 3.30. The summed E-state index contributed by atoms with van der Waals surface area (Å²) in [6, 6.07) is 15.8. The SMILES string of the molecule is CN(C)C1CCN(c2ccc(NC(=O)c3ccc(NC(=O)C4CC5CCC4C5)cc3)cc2)C1.[HH].[HH]. The standard InChI is InChI=1S/C27H34N4O2.2H2/c1-30(2)24-13-14-31(17-24)23-11-9-22(10-12-23)28-26(32)19-5-7-21(8-6-19)29-27(33)25-16-18-3-4-20(25)15-18;;/h5-12,18,20,24-25H,3-4,13-17H2,1-2H3,(H,28,32)(H,29,33);2*1H. The van der Waals surface area contributed by atoms with Gasteiger partial charge in [0, 0.05) is 50.5 Å². The zero-order valence-electron chi connectivity index (χ0n) is 19.6. The second kappa shape index (κ2) is 9.18. The van der Waals surface area contributed by atoms with E-state index in [1.807, 2.05) is 24.3 Å². The quantitative estimate of drug-likeness (QED) is 0.654. The average Bonchev–Trinajstić information content (AvgIpc) is 3.57. The molecule has 6 nitrogen and oxygen atoms in total. The number of fused-ring (bicyclic) bond motifs is 2. The molecule has 4 atom stereocenters. The molecule has 2 N–H and O–H groups in total. The Hall–Kier alpha value is -2.86. The molecule has 2 bridgehead atoms. The first kappa shape index (κ1) is 22.0. The van der Waals surface area contributed by atoms with Crippen LogP contribution in [0, 0.1) is 17.8 Å². The maximum atomic E-state index is 12.7. The minimum absolute atomic E-state index is 0. The molecule has 1 aliphatic heterocycles. The van der Waals surface area contributed by atoms with Crippen LogP contribution in [0.25, 0.3) is 0 Å². The van der Waals surface area contributed by atoms with Crippen molar-refractivity contribution in [1.82, 2.24) is 4.90 Å². The van der Waals surface area contributed by atoms with Gasteiger partial charge >= 0.3 is 0 Å². The molecule has 3 fully saturated rings. The van der Waals surface area contributed by atoms with Crippen molar-refractivity contribution in [3.8, 4) is 0 Å². The lowest BCUT2D eigenvalue weighted by atomic mass is 9.88. The molecular formula is C27H38N4O2. The summed E-state index contributed by atoms with van der Waals surface area (Å²) in [7, 11) is 4.26. The van der Waals surface area contributed by atoms with Gasteiger partial charge in [-0.05, 0) is 100 Å². The van der Waals surface area contributed by atoms with Gasteiger partial charge < -0.3 is 20.4 Å². The number of nitrogens with zero attached hydrogens (tertiary/aromatic N) is 2. The van der Waals surface area contributed by atoms with E-state index < -0.39 is 0 Å². The van der Waals surface area contributed by atoms with Gasteiger partial charge in [0.1, 0.15) is 0 Å². The Labute approximate surface area is 199 Å². The highest BCUT2D eigenvalue weighted by Crippen LogP contribution is 2.48.